The fraction of sp³-hybridized carbons (Fsp3) is 0.150. The molecule has 3 aromatic rings. The summed E-state index contributed by atoms with van der Waals surface area (Å²) in [6.45, 7) is 0.502. The summed E-state index contributed by atoms with van der Waals surface area (Å²) >= 11 is 0. The van der Waals surface area contributed by atoms with Crippen molar-refractivity contribution < 1.29 is 13.9 Å². The van der Waals surface area contributed by atoms with Gasteiger partial charge in [-0.05, 0) is 30.2 Å². The van der Waals surface area contributed by atoms with Gasteiger partial charge in [-0.1, -0.05) is 30.3 Å². The first-order valence-electron chi connectivity index (χ1n) is 8.41. The van der Waals surface area contributed by atoms with Gasteiger partial charge in [0, 0.05) is 6.54 Å². The summed E-state index contributed by atoms with van der Waals surface area (Å²) in [4.78, 5) is 20.6. The molecule has 0 spiro atoms. The predicted molar refractivity (Wildman–Crippen MR) is 102 cm³/mol. The molecule has 138 valence electrons. The van der Waals surface area contributed by atoms with Gasteiger partial charge in [0.1, 0.15) is 23.1 Å². The molecule has 0 saturated heterocycles. The van der Waals surface area contributed by atoms with E-state index in [4.69, 9.17) is 4.74 Å². The van der Waals surface area contributed by atoms with Crippen molar-refractivity contribution in [3.05, 3.63) is 78.0 Å². The topological polar surface area (TPSA) is 76.1 Å². The quantitative estimate of drug-likeness (QED) is 0.669. The van der Waals surface area contributed by atoms with Gasteiger partial charge in [-0.15, -0.1) is 0 Å². The third-order valence-electron chi connectivity index (χ3n) is 3.90. The van der Waals surface area contributed by atoms with Gasteiger partial charge in [0.2, 0.25) is 0 Å². The number of nitrogens with zero attached hydrogens (tertiary/aromatic N) is 2. The van der Waals surface area contributed by atoms with Gasteiger partial charge in [-0.3, -0.25) is 4.79 Å². The van der Waals surface area contributed by atoms with Crippen molar-refractivity contribution in [2.75, 3.05) is 24.3 Å². The van der Waals surface area contributed by atoms with Crippen molar-refractivity contribution in [2.24, 2.45) is 0 Å². The normalized spacial score (nSPS) is 10.3. The molecule has 0 saturated carbocycles. The molecule has 1 aromatic heterocycles. The summed E-state index contributed by atoms with van der Waals surface area (Å²) in [6, 6.07) is 13.7. The van der Waals surface area contributed by atoms with Crippen LogP contribution in [0, 0.1) is 5.82 Å². The molecule has 2 aromatic carbocycles. The minimum atomic E-state index is -0.384. The maximum absolute atomic E-state index is 13.6. The van der Waals surface area contributed by atoms with E-state index in [1.54, 1.807) is 36.4 Å². The van der Waals surface area contributed by atoms with Crippen LogP contribution in [0.5, 0.6) is 5.75 Å². The standard InChI is InChI=1S/C20H19FN4O2/c1-27-18-9-5-4-8-16(18)25-20(26)17-12-24-19(13-23-17)22-11-10-14-6-2-3-7-15(14)21/h2-9,12-13H,10-11H2,1H3,(H,22,24)(H,25,26). The number of carbonyl (C=O) groups is 1. The molecule has 6 nitrogen and oxygen atoms in total. The molecule has 0 unspecified atom stereocenters. The third-order valence-corrected chi connectivity index (χ3v) is 3.90. The number of carbonyl (C=O) groups excluding carboxylic acids is 1. The van der Waals surface area contributed by atoms with Gasteiger partial charge in [-0.25, -0.2) is 14.4 Å². The Morgan fingerprint density at radius 1 is 1.07 bits per heavy atom. The Morgan fingerprint density at radius 2 is 1.85 bits per heavy atom. The Hall–Kier alpha value is -3.48. The number of aromatic nitrogens is 2. The zero-order valence-corrected chi connectivity index (χ0v) is 14.8. The second-order valence-corrected chi connectivity index (χ2v) is 5.71. The predicted octanol–water partition coefficient (Wildman–Crippen LogP) is 3.53. The van der Waals surface area contributed by atoms with E-state index in [-0.39, 0.29) is 17.4 Å². The minimum Gasteiger partial charge on any atom is -0.495 e. The highest BCUT2D eigenvalue weighted by molar-refractivity contribution is 6.03. The van der Waals surface area contributed by atoms with Gasteiger partial charge in [-0.2, -0.15) is 0 Å². The summed E-state index contributed by atoms with van der Waals surface area (Å²) < 4.78 is 18.8. The van der Waals surface area contributed by atoms with Crippen LogP contribution in [0.3, 0.4) is 0 Å². The van der Waals surface area contributed by atoms with Gasteiger partial charge >= 0.3 is 0 Å². The van der Waals surface area contributed by atoms with Crippen LogP contribution in [-0.4, -0.2) is 29.5 Å². The number of amides is 1. The zero-order valence-electron chi connectivity index (χ0n) is 14.8. The lowest BCUT2D eigenvalue weighted by atomic mass is 10.1. The lowest BCUT2D eigenvalue weighted by molar-refractivity contribution is 0.102. The first-order valence-corrected chi connectivity index (χ1v) is 8.41. The van der Waals surface area contributed by atoms with E-state index >= 15 is 0 Å². The number of benzene rings is 2. The smallest absolute Gasteiger partial charge is 0.275 e. The van der Waals surface area contributed by atoms with Gasteiger partial charge in [0.05, 0.1) is 25.2 Å². The largest absolute Gasteiger partial charge is 0.495 e. The van der Waals surface area contributed by atoms with E-state index in [1.165, 1.54) is 25.6 Å². The van der Waals surface area contributed by atoms with Crippen molar-refractivity contribution in [3.63, 3.8) is 0 Å². The van der Waals surface area contributed by atoms with Crippen molar-refractivity contribution in [2.45, 2.75) is 6.42 Å². The molecule has 0 fully saturated rings. The molecule has 0 aliphatic carbocycles. The zero-order chi connectivity index (χ0) is 19.1. The molecule has 27 heavy (non-hydrogen) atoms. The first-order chi connectivity index (χ1) is 13.2. The maximum Gasteiger partial charge on any atom is 0.275 e. The number of hydrogen-bond acceptors (Lipinski definition) is 5. The highest BCUT2D eigenvalue weighted by Gasteiger charge is 2.11. The molecule has 0 atom stereocenters. The number of ether oxygens (including phenoxy) is 1. The van der Waals surface area contributed by atoms with E-state index < -0.39 is 0 Å². The molecular weight excluding hydrogens is 347 g/mol. The summed E-state index contributed by atoms with van der Waals surface area (Å²) in [5.74, 6) is 0.462. The van der Waals surface area contributed by atoms with Gasteiger partial charge in [0.25, 0.3) is 5.91 Å². The highest BCUT2D eigenvalue weighted by atomic mass is 19.1. The second kappa shape index (κ2) is 8.75. The molecule has 1 amide bonds. The van der Waals surface area contributed by atoms with Crippen molar-refractivity contribution in [1.82, 2.24) is 9.97 Å². The van der Waals surface area contributed by atoms with Crippen LogP contribution < -0.4 is 15.4 Å². The molecule has 0 aliphatic heterocycles. The van der Waals surface area contributed by atoms with Crippen molar-refractivity contribution >= 4 is 17.4 Å². The lowest BCUT2D eigenvalue weighted by Gasteiger charge is -2.10. The number of methoxy groups -OCH3 is 1. The van der Waals surface area contributed by atoms with E-state index in [2.05, 4.69) is 20.6 Å². The molecular formula is C20H19FN4O2. The first kappa shape index (κ1) is 18.3. The molecule has 0 radical (unpaired) electrons. The second-order valence-electron chi connectivity index (χ2n) is 5.71. The van der Waals surface area contributed by atoms with E-state index in [0.717, 1.165) is 0 Å². The summed E-state index contributed by atoms with van der Waals surface area (Å²) in [6.07, 6.45) is 3.37. The number of para-hydroxylation sites is 2. The van der Waals surface area contributed by atoms with E-state index in [0.29, 0.717) is 35.8 Å². The molecule has 0 aliphatic rings. The van der Waals surface area contributed by atoms with Crippen LogP contribution in [0.15, 0.2) is 60.9 Å². The van der Waals surface area contributed by atoms with E-state index in [1.807, 2.05) is 6.07 Å². The van der Waals surface area contributed by atoms with Crippen molar-refractivity contribution in [3.8, 4) is 5.75 Å². The minimum absolute atomic E-state index is 0.181. The summed E-state index contributed by atoms with van der Waals surface area (Å²) in [7, 11) is 1.53. The average Bonchev–Trinajstić information content (AvgIpc) is 2.70. The van der Waals surface area contributed by atoms with Crippen LogP contribution in [-0.2, 0) is 6.42 Å². The van der Waals surface area contributed by atoms with E-state index in [9.17, 15) is 9.18 Å². The average molecular weight is 366 g/mol. The molecule has 0 bridgehead atoms. The fourth-order valence-corrected chi connectivity index (χ4v) is 2.50. The Labute approximate surface area is 156 Å². The SMILES string of the molecule is COc1ccccc1NC(=O)c1cnc(NCCc2ccccc2F)cn1. The van der Waals surface area contributed by atoms with Crippen LogP contribution in [0.1, 0.15) is 16.1 Å². The van der Waals surface area contributed by atoms with Gasteiger partial charge < -0.3 is 15.4 Å². The Kier molecular flexibility index (Phi) is 5.94. The maximum atomic E-state index is 13.6. The molecule has 2 N–H and O–H groups in total. The number of rotatable bonds is 7. The highest BCUT2D eigenvalue weighted by Crippen LogP contribution is 2.23. The third kappa shape index (κ3) is 4.78. The van der Waals surface area contributed by atoms with Crippen LogP contribution in [0.2, 0.25) is 0 Å². The summed E-state index contributed by atoms with van der Waals surface area (Å²) in [5, 5.41) is 5.80. The van der Waals surface area contributed by atoms with Crippen LogP contribution >= 0.6 is 0 Å². The van der Waals surface area contributed by atoms with Crippen molar-refractivity contribution in [1.29, 1.82) is 0 Å². The lowest BCUT2D eigenvalue weighted by Crippen LogP contribution is -2.15. The molecule has 3 rings (SSSR count). The molecule has 1 heterocycles. The van der Waals surface area contributed by atoms with Gasteiger partial charge in [0.15, 0.2) is 0 Å². The van der Waals surface area contributed by atoms with Crippen LogP contribution in [0.4, 0.5) is 15.9 Å². The Morgan fingerprint density at radius 3 is 2.59 bits per heavy atom. The number of hydrogen-bond donors (Lipinski definition) is 2. The number of halogens is 1. The number of nitrogens with one attached hydrogen (secondary N) is 2. The number of anilines is 2. The Bertz CT molecular complexity index is 916. The van der Waals surface area contributed by atoms with Crippen LogP contribution in [0.25, 0.3) is 0 Å². The fourth-order valence-electron chi connectivity index (χ4n) is 2.50. The Balaban J connectivity index is 1.56. The monoisotopic (exact) mass is 366 g/mol. The molecule has 7 heteroatoms. The summed E-state index contributed by atoms with van der Waals surface area (Å²) in [5.41, 5.74) is 1.37.